The Morgan fingerprint density at radius 2 is 1.40 bits per heavy atom. The van der Waals surface area contributed by atoms with Crippen LogP contribution in [0.1, 0.15) is 37.1 Å². The number of carboxylic acid groups (broad SMARTS) is 1. The Balaban J connectivity index is 1.34. The maximum atomic E-state index is 14.5. The fraction of sp³-hybridized carbons (Fsp3) is 0.0270. The van der Waals surface area contributed by atoms with Crippen LogP contribution in [0.3, 0.4) is 0 Å². The molecule has 0 saturated heterocycles. The molecule has 48 heavy (non-hydrogen) atoms. The van der Waals surface area contributed by atoms with Gasteiger partial charge in [0.05, 0.1) is 16.3 Å². The lowest BCUT2D eigenvalue weighted by molar-refractivity contribution is -0.116. The van der Waals surface area contributed by atoms with Crippen molar-refractivity contribution in [1.82, 2.24) is 5.32 Å². The van der Waals surface area contributed by atoms with Crippen LogP contribution in [0, 0.1) is 5.82 Å². The standard InChI is InChI=1S/C37H27ClFN3O5S/c38-29-20-15-26(37(46)47)22-31(29)41-36(45)33(23-9-3-1-4-10-23)48-28-18-16-27(17-19-28)40-35(44)32(21-25-13-7-8-14-30(25)39)42-34(43)24-11-5-2-6-12-24/h1-22,33H,(H,40,44)(H,41,45)(H,42,43)(H,46,47)/b32-21-. The number of halogens is 2. The lowest BCUT2D eigenvalue weighted by atomic mass is 10.1. The van der Waals surface area contributed by atoms with Crippen LogP contribution in [0.2, 0.25) is 5.02 Å². The van der Waals surface area contributed by atoms with Gasteiger partial charge in [0.2, 0.25) is 5.91 Å². The lowest BCUT2D eigenvalue weighted by Gasteiger charge is -2.18. The van der Waals surface area contributed by atoms with Crippen molar-refractivity contribution in [2.45, 2.75) is 10.1 Å². The molecule has 0 aliphatic carbocycles. The van der Waals surface area contributed by atoms with Gasteiger partial charge in [0.15, 0.2) is 0 Å². The minimum absolute atomic E-state index is 0.0252. The van der Waals surface area contributed by atoms with Crippen molar-refractivity contribution in [1.29, 1.82) is 0 Å². The maximum Gasteiger partial charge on any atom is 0.335 e. The molecule has 5 rings (SSSR count). The van der Waals surface area contributed by atoms with Gasteiger partial charge in [-0.1, -0.05) is 78.3 Å². The van der Waals surface area contributed by atoms with Gasteiger partial charge in [-0.05, 0) is 72.3 Å². The van der Waals surface area contributed by atoms with E-state index >= 15 is 0 Å². The summed E-state index contributed by atoms with van der Waals surface area (Å²) in [4.78, 5) is 51.9. The van der Waals surface area contributed by atoms with Gasteiger partial charge in [-0.2, -0.15) is 0 Å². The molecule has 0 aromatic heterocycles. The third-order valence-corrected chi connectivity index (χ3v) is 8.51. The van der Waals surface area contributed by atoms with Gasteiger partial charge in [0.25, 0.3) is 11.8 Å². The molecule has 0 bridgehead atoms. The van der Waals surface area contributed by atoms with Crippen LogP contribution in [0.5, 0.6) is 0 Å². The number of thioether (sulfide) groups is 1. The molecule has 0 radical (unpaired) electrons. The van der Waals surface area contributed by atoms with Crippen LogP contribution in [0.25, 0.3) is 6.08 Å². The number of hydrogen-bond acceptors (Lipinski definition) is 5. The van der Waals surface area contributed by atoms with Crippen LogP contribution in [-0.4, -0.2) is 28.8 Å². The Morgan fingerprint density at radius 3 is 2.06 bits per heavy atom. The van der Waals surface area contributed by atoms with Gasteiger partial charge in [0.1, 0.15) is 16.8 Å². The number of nitrogens with one attached hydrogen (secondary N) is 3. The van der Waals surface area contributed by atoms with Gasteiger partial charge < -0.3 is 21.1 Å². The normalized spacial score (nSPS) is 11.7. The van der Waals surface area contributed by atoms with Gasteiger partial charge in [-0.25, -0.2) is 9.18 Å². The van der Waals surface area contributed by atoms with Crippen molar-refractivity contribution >= 4 is 64.5 Å². The van der Waals surface area contributed by atoms with Gasteiger partial charge in [-0.15, -0.1) is 11.8 Å². The summed E-state index contributed by atoms with van der Waals surface area (Å²) in [5.74, 6) is -3.36. The summed E-state index contributed by atoms with van der Waals surface area (Å²) in [6.07, 6.45) is 1.26. The van der Waals surface area contributed by atoms with E-state index in [1.165, 1.54) is 54.2 Å². The van der Waals surface area contributed by atoms with Crippen LogP contribution in [-0.2, 0) is 9.59 Å². The molecular formula is C37H27ClFN3O5S. The predicted octanol–water partition coefficient (Wildman–Crippen LogP) is 8.06. The van der Waals surface area contributed by atoms with Crippen molar-refractivity contribution in [2.75, 3.05) is 10.6 Å². The number of carboxylic acids is 1. The lowest BCUT2D eigenvalue weighted by Crippen LogP contribution is -2.30. The molecule has 1 atom stereocenters. The zero-order chi connectivity index (χ0) is 34.0. The zero-order valence-electron chi connectivity index (χ0n) is 25.0. The average Bonchev–Trinajstić information content (AvgIpc) is 3.10. The number of benzene rings is 5. The zero-order valence-corrected chi connectivity index (χ0v) is 26.6. The van der Waals surface area contributed by atoms with Crippen molar-refractivity contribution in [3.05, 3.63) is 166 Å². The molecule has 0 saturated carbocycles. The first kappa shape index (κ1) is 33.6. The van der Waals surface area contributed by atoms with Crippen molar-refractivity contribution in [3.8, 4) is 0 Å². The first-order chi connectivity index (χ1) is 23.2. The second-order valence-electron chi connectivity index (χ2n) is 10.3. The molecule has 8 nitrogen and oxygen atoms in total. The summed E-state index contributed by atoms with van der Waals surface area (Å²) >= 11 is 7.49. The number of anilines is 2. The van der Waals surface area contributed by atoms with Gasteiger partial charge >= 0.3 is 5.97 Å². The molecule has 11 heteroatoms. The fourth-order valence-electron chi connectivity index (χ4n) is 4.49. The van der Waals surface area contributed by atoms with Crippen molar-refractivity contribution in [3.63, 3.8) is 0 Å². The molecule has 0 aliphatic heterocycles. The van der Waals surface area contributed by atoms with Crippen molar-refractivity contribution in [2.24, 2.45) is 0 Å². The number of amides is 3. The molecule has 4 N–H and O–H groups in total. The summed E-state index contributed by atoms with van der Waals surface area (Å²) in [5.41, 5.74) is 1.49. The van der Waals surface area contributed by atoms with E-state index in [2.05, 4.69) is 16.0 Å². The largest absolute Gasteiger partial charge is 0.478 e. The molecule has 0 fully saturated rings. The molecule has 5 aromatic carbocycles. The van der Waals surface area contributed by atoms with E-state index in [1.54, 1.807) is 84.9 Å². The molecular weight excluding hydrogens is 653 g/mol. The van der Waals surface area contributed by atoms with Crippen LogP contribution in [0.15, 0.2) is 138 Å². The summed E-state index contributed by atoms with van der Waals surface area (Å²) in [6.45, 7) is 0. The quantitative estimate of drug-likeness (QED) is 0.0827. The van der Waals surface area contributed by atoms with E-state index in [-0.39, 0.29) is 27.5 Å². The summed E-state index contributed by atoms with van der Waals surface area (Å²) in [7, 11) is 0. The van der Waals surface area contributed by atoms with Gasteiger partial charge in [-0.3, -0.25) is 14.4 Å². The molecule has 1 unspecified atom stereocenters. The topological polar surface area (TPSA) is 125 Å². The number of carbonyl (C=O) groups excluding carboxylic acids is 3. The number of carbonyl (C=O) groups is 4. The van der Waals surface area contributed by atoms with E-state index < -0.39 is 34.8 Å². The van der Waals surface area contributed by atoms with E-state index in [4.69, 9.17) is 11.6 Å². The molecule has 0 spiro atoms. The Kier molecular flexibility index (Phi) is 11.0. The Bertz CT molecular complexity index is 1990. The first-order valence-corrected chi connectivity index (χ1v) is 15.7. The highest BCUT2D eigenvalue weighted by Crippen LogP contribution is 2.37. The highest BCUT2D eigenvalue weighted by molar-refractivity contribution is 8.00. The smallest absolute Gasteiger partial charge is 0.335 e. The first-order valence-electron chi connectivity index (χ1n) is 14.5. The van der Waals surface area contributed by atoms with E-state index in [1.807, 2.05) is 6.07 Å². The molecule has 0 heterocycles. The maximum absolute atomic E-state index is 14.5. The monoisotopic (exact) mass is 679 g/mol. The minimum atomic E-state index is -1.16. The molecule has 0 aliphatic rings. The summed E-state index contributed by atoms with van der Waals surface area (Å²) in [5, 5.41) is 16.9. The SMILES string of the molecule is O=C(Nc1ccc(SC(C(=O)Nc2cc(C(=O)O)ccc2Cl)c2ccccc2)cc1)/C(=C/c1ccccc1F)NC(=O)c1ccccc1. The summed E-state index contributed by atoms with van der Waals surface area (Å²) < 4.78 is 14.5. The number of aromatic carboxylic acids is 1. The molecule has 240 valence electrons. The average molecular weight is 680 g/mol. The Labute approximate surface area is 284 Å². The highest BCUT2D eigenvalue weighted by atomic mass is 35.5. The van der Waals surface area contributed by atoms with Crippen molar-refractivity contribution < 1.29 is 28.7 Å². The van der Waals surface area contributed by atoms with Crippen LogP contribution >= 0.6 is 23.4 Å². The summed E-state index contributed by atoms with van der Waals surface area (Å²) in [6, 6.07) is 34.0. The second kappa shape index (κ2) is 15.7. The second-order valence-corrected chi connectivity index (χ2v) is 11.9. The van der Waals surface area contributed by atoms with E-state index in [0.29, 0.717) is 21.7 Å². The Morgan fingerprint density at radius 1 is 0.750 bits per heavy atom. The number of rotatable bonds is 11. The molecule has 5 aromatic rings. The van der Waals surface area contributed by atoms with Gasteiger partial charge in [0, 0.05) is 21.7 Å². The predicted molar refractivity (Wildman–Crippen MR) is 185 cm³/mol. The molecule has 3 amide bonds. The Hall–Kier alpha value is -5.71. The number of hydrogen-bond donors (Lipinski definition) is 4. The highest BCUT2D eigenvalue weighted by Gasteiger charge is 2.24. The van der Waals surface area contributed by atoms with Crippen LogP contribution in [0.4, 0.5) is 15.8 Å². The third kappa shape index (κ3) is 8.75. The van der Waals surface area contributed by atoms with E-state index in [9.17, 15) is 28.7 Å². The fourth-order valence-corrected chi connectivity index (χ4v) is 5.68. The minimum Gasteiger partial charge on any atom is -0.478 e. The van der Waals surface area contributed by atoms with Crippen LogP contribution < -0.4 is 16.0 Å². The van der Waals surface area contributed by atoms with E-state index in [0.717, 1.165) is 0 Å². The third-order valence-electron chi connectivity index (χ3n) is 6.91.